The van der Waals surface area contributed by atoms with Gasteiger partial charge in [-0.3, -0.25) is 4.90 Å². The first kappa shape index (κ1) is 35.5. The highest BCUT2D eigenvalue weighted by Gasteiger charge is 2.33. The minimum Gasteiger partial charge on any atom is -0.481 e. The number of piperidine rings is 1. The van der Waals surface area contributed by atoms with Crippen LogP contribution in [0.25, 0.3) is 17.0 Å². The highest BCUT2D eigenvalue weighted by molar-refractivity contribution is 9.10. The summed E-state index contributed by atoms with van der Waals surface area (Å²) < 4.78 is 63.2. The number of carbonyl (C=O) groups excluding carboxylic acids is 1. The lowest BCUT2D eigenvalue weighted by molar-refractivity contribution is -0.153. The fourth-order valence-electron chi connectivity index (χ4n) is 6.02. The number of rotatable bonds is 7. The van der Waals surface area contributed by atoms with E-state index >= 15 is 0 Å². The summed E-state index contributed by atoms with van der Waals surface area (Å²) in [6, 6.07) is 2.39. The van der Waals surface area contributed by atoms with E-state index in [-0.39, 0.29) is 29.5 Å². The summed E-state index contributed by atoms with van der Waals surface area (Å²) in [5.74, 6) is 0.545. The third kappa shape index (κ3) is 9.41. The van der Waals surface area contributed by atoms with Gasteiger partial charge in [0.05, 0.1) is 23.7 Å². The van der Waals surface area contributed by atoms with Gasteiger partial charge in [0.2, 0.25) is 0 Å². The third-order valence-electron chi connectivity index (χ3n) is 8.52. The molecule has 3 aliphatic rings. The molecule has 0 aliphatic carbocycles. The predicted molar refractivity (Wildman–Crippen MR) is 177 cm³/mol. The number of ether oxygens (including phenoxy) is 4. The molecular weight excluding hydrogens is 683 g/mol. The molecule has 2 aromatic rings. The van der Waals surface area contributed by atoms with Crippen molar-refractivity contribution in [3.05, 3.63) is 22.7 Å². The Kier molecular flexibility index (Phi) is 11.4. The second-order valence-electron chi connectivity index (χ2n) is 13.4. The second-order valence-corrected chi connectivity index (χ2v) is 14.1. The number of halogens is 4. The van der Waals surface area contributed by atoms with Crippen molar-refractivity contribution >= 4 is 44.8 Å². The summed E-state index contributed by atoms with van der Waals surface area (Å²) in [6.07, 6.45) is 1.14. The minimum atomic E-state index is -4.54. The molecule has 0 saturated carbocycles. The van der Waals surface area contributed by atoms with Crippen LogP contribution in [0.5, 0.6) is 11.8 Å². The van der Waals surface area contributed by atoms with E-state index in [0.29, 0.717) is 53.5 Å². The number of likely N-dealkylation sites (tertiary alicyclic amines) is 1. The highest BCUT2D eigenvalue weighted by Crippen LogP contribution is 2.41. The number of carbonyl (C=O) groups is 1. The van der Waals surface area contributed by atoms with Gasteiger partial charge >= 0.3 is 18.3 Å². The first-order chi connectivity index (χ1) is 22.3. The summed E-state index contributed by atoms with van der Waals surface area (Å²) in [4.78, 5) is 28.7. The van der Waals surface area contributed by atoms with Crippen LogP contribution in [-0.4, -0.2) is 109 Å². The molecule has 10 nitrogen and oxygen atoms in total. The SMILES string of the molecule is C=Cc1cc2c(N3CCCCN(C(=O)OC(C)(C)C)CCCC3)nc(OC3CCN(C4COC4)CC3)nc2c(OCC(F)(F)F)c1Br. The summed E-state index contributed by atoms with van der Waals surface area (Å²) >= 11 is 3.45. The molecule has 3 aliphatic heterocycles. The summed E-state index contributed by atoms with van der Waals surface area (Å²) in [5, 5.41) is 0.555. The Balaban J connectivity index is 1.44. The maximum absolute atomic E-state index is 13.4. The number of benzene rings is 1. The van der Waals surface area contributed by atoms with E-state index < -0.39 is 18.4 Å². The zero-order valence-corrected chi connectivity index (χ0v) is 29.0. The molecule has 0 unspecified atom stereocenters. The number of fused-ring (bicyclic) bond motifs is 1. The molecule has 0 radical (unpaired) electrons. The standard InChI is InChI=1S/C33H45BrF3N5O5/c1-5-22-18-25-27(28(26(22)34)45-21-33(35,36)37)38-30(46-24-10-16-40(17-11-24)23-19-44-20-23)39-29(25)41-12-6-8-14-42(15-9-7-13-41)31(43)47-32(2,3)4/h5,18,23-24H,1,6-17,19-21H2,2-4H3. The molecule has 3 saturated heterocycles. The van der Waals surface area contributed by atoms with E-state index in [0.717, 1.165) is 64.8 Å². The van der Waals surface area contributed by atoms with Gasteiger partial charge in [-0.25, -0.2) is 4.79 Å². The van der Waals surface area contributed by atoms with Crippen LogP contribution in [0.4, 0.5) is 23.8 Å². The predicted octanol–water partition coefficient (Wildman–Crippen LogP) is 6.84. The average molecular weight is 729 g/mol. The molecule has 5 rings (SSSR count). The zero-order chi connectivity index (χ0) is 33.8. The van der Waals surface area contributed by atoms with Crippen molar-refractivity contribution in [1.29, 1.82) is 0 Å². The summed E-state index contributed by atoms with van der Waals surface area (Å²) in [5.41, 5.74) is 0.236. The molecule has 1 amide bonds. The molecule has 1 aromatic heterocycles. The van der Waals surface area contributed by atoms with Gasteiger partial charge in [0.1, 0.15) is 23.0 Å². The van der Waals surface area contributed by atoms with Gasteiger partial charge < -0.3 is 28.7 Å². The van der Waals surface area contributed by atoms with Crippen molar-refractivity contribution in [2.45, 2.75) is 83.2 Å². The largest absolute Gasteiger partial charge is 0.481 e. The van der Waals surface area contributed by atoms with E-state index in [2.05, 4.69) is 37.3 Å². The molecule has 1 aromatic carbocycles. The number of aromatic nitrogens is 2. The molecular formula is C33H45BrF3N5O5. The number of amides is 1. The van der Waals surface area contributed by atoms with Crippen molar-refractivity contribution in [2.24, 2.45) is 0 Å². The normalized spacial score (nSPS) is 19.7. The van der Waals surface area contributed by atoms with Crippen LogP contribution in [0.3, 0.4) is 0 Å². The fourth-order valence-corrected chi connectivity index (χ4v) is 6.60. The molecule has 3 fully saturated rings. The second kappa shape index (κ2) is 15.1. The minimum absolute atomic E-state index is 0.0305. The van der Waals surface area contributed by atoms with Gasteiger partial charge in [-0.1, -0.05) is 12.7 Å². The van der Waals surface area contributed by atoms with Gasteiger partial charge in [0, 0.05) is 44.7 Å². The molecule has 47 heavy (non-hydrogen) atoms. The summed E-state index contributed by atoms with van der Waals surface area (Å²) in [6.45, 7) is 13.6. The van der Waals surface area contributed by atoms with E-state index in [1.54, 1.807) is 11.0 Å². The molecule has 14 heteroatoms. The van der Waals surface area contributed by atoms with Gasteiger partial charge in [-0.05, 0) is 86.9 Å². The average Bonchev–Trinajstić information content (AvgIpc) is 2.97. The van der Waals surface area contributed by atoms with E-state index in [4.69, 9.17) is 23.9 Å². The topological polar surface area (TPSA) is 89.5 Å². The lowest BCUT2D eigenvalue weighted by atomic mass is 10.0. The van der Waals surface area contributed by atoms with Crippen molar-refractivity contribution in [2.75, 3.05) is 64.0 Å². The van der Waals surface area contributed by atoms with Crippen LogP contribution < -0.4 is 14.4 Å². The van der Waals surface area contributed by atoms with Crippen molar-refractivity contribution < 1.29 is 36.9 Å². The third-order valence-corrected chi connectivity index (χ3v) is 9.34. The maximum Gasteiger partial charge on any atom is 0.422 e. The fraction of sp³-hybridized carbons (Fsp3) is 0.667. The number of nitrogens with zero attached hydrogens (tertiary/aromatic N) is 5. The molecule has 0 bridgehead atoms. The molecule has 0 N–H and O–H groups in total. The van der Waals surface area contributed by atoms with Crippen LogP contribution in [-0.2, 0) is 9.47 Å². The molecule has 0 atom stereocenters. The lowest BCUT2D eigenvalue weighted by Gasteiger charge is -2.41. The van der Waals surface area contributed by atoms with Crippen molar-refractivity contribution in [1.82, 2.24) is 19.8 Å². The quantitative estimate of drug-likeness (QED) is 0.304. The molecule has 4 heterocycles. The Labute approximate surface area is 282 Å². The number of alkyl halides is 3. The van der Waals surface area contributed by atoms with Crippen LogP contribution in [0, 0.1) is 0 Å². The number of anilines is 1. The Morgan fingerprint density at radius 2 is 1.68 bits per heavy atom. The monoisotopic (exact) mass is 727 g/mol. The first-order valence-electron chi connectivity index (χ1n) is 16.4. The highest BCUT2D eigenvalue weighted by atomic mass is 79.9. The van der Waals surface area contributed by atoms with E-state index in [1.807, 2.05) is 26.8 Å². The van der Waals surface area contributed by atoms with Crippen molar-refractivity contribution in [3.63, 3.8) is 0 Å². The Hall–Kier alpha value is -2.84. The number of hydrogen-bond acceptors (Lipinski definition) is 9. The van der Waals surface area contributed by atoms with Gasteiger partial charge in [0.15, 0.2) is 12.4 Å². The molecule has 0 spiro atoms. The maximum atomic E-state index is 13.4. The van der Waals surface area contributed by atoms with Crippen LogP contribution in [0.15, 0.2) is 17.1 Å². The van der Waals surface area contributed by atoms with E-state index in [1.165, 1.54) is 0 Å². The Morgan fingerprint density at radius 1 is 1.04 bits per heavy atom. The first-order valence-corrected chi connectivity index (χ1v) is 17.2. The zero-order valence-electron chi connectivity index (χ0n) is 27.4. The smallest absolute Gasteiger partial charge is 0.422 e. The van der Waals surface area contributed by atoms with Gasteiger partial charge in [-0.15, -0.1) is 0 Å². The van der Waals surface area contributed by atoms with Crippen LogP contribution in [0.1, 0.15) is 64.9 Å². The number of hydrogen-bond donors (Lipinski definition) is 0. The summed E-state index contributed by atoms with van der Waals surface area (Å²) in [7, 11) is 0. The van der Waals surface area contributed by atoms with Gasteiger partial charge in [0.25, 0.3) is 0 Å². The molecule has 260 valence electrons. The van der Waals surface area contributed by atoms with Crippen LogP contribution >= 0.6 is 15.9 Å². The van der Waals surface area contributed by atoms with Crippen molar-refractivity contribution in [3.8, 4) is 11.8 Å². The Bertz CT molecular complexity index is 1400. The van der Waals surface area contributed by atoms with Crippen LogP contribution in [0.2, 0.25) is 0 Å². The Morgan fingerprint density at radius 3 is 2.23 bits per heavy atom. The van der Waals surface area contributed by atoms with E-state index in [9.17, 15) is 18.0 Å². The van der Waals surface area contributed by atoms with Gasteiger partial charge in [-0.2, -0.15) is 23.1 Å². The lowest BCUT2D eigenvalue weighted by Crippen LogP contribution is -2.53.